The fourth-order valence-corrected chi connectivity index (χ4v) is 2.95. The van der Waals surface area contributed by atoms with Crippen LogP contribution in [-0.2, 0) is 4.74 Å². The highest BCUT2D eigenvalue weighted by molar-refractivity contribution is 7.98. The van der Waals surface area contributed by atoms with Crippen LogP contribution in [0.1, 0.15) is 23.2 Å². The Balaban J connectivity index is 1.54. The smallest absolute Gasteiger partial charge is 0.255 e. The molecule has 2 aromatic carbocycles. The van der Waals surface area contributed by atoms with Gasteiger partial charge >= 0.3 is 0 Å². The van der Waals surface area contributed by atoms with E-state index in [2.05, 4.69) is 5.32 Å². The Morgan fingerprint density at radius 3 is 2.58 bits per heavy atom. The number of carbonyl (C=O) groups excluding carboxylic acids is 1. The largest absolute Gasteiger partial charge is 0.491 e. The normalized spacial score (nSPS) is 16.8. The van der Waals surface area contributed by atoms with E-state index in [0.717, 1.165) is 30.9 Å². The van der Waals surface area contributed by atoms with E-state index in [9.17, 15) is 4.79 Å². The van der Waals surface area contributed by atoms with Crippen molar-refractivity contribution < 1.29 is 14.3 Å². The Hall–Kier alpha value is -1.98. The van der Waals surface area contributed by atoms with Crippen LogP contribution in [-0.4, -0.2) is 31.5 Å². The van der Waals surface area contributed by atoms with Crippen molar-refractivity contribution in [3.05, 3.63) is 54.1 Å². The van der Waals surface area contributed by atoms with Crippen molar-refractivity contribution in [2.75, 3.05) is 24.8 Å². The lowest BCUT2D eigenvalue weighted by Crippen LogP contribution is -2.16. The summed E-state index contributed by atoms with van der Waals surface area (Å²) in [6, 6.07) is 15.0. The van der Waals surface area contributed by atoms with Crippen molar-refractivity contribution in [2.45, 2.75) is 23.8 Å². The molecule has 1 aliphatic rings. The average Bonchev–Trinajstić information content (AvgIpc) is 3.14. The van der Waals surface area contributed by atoms with Crippen LogP contribution in [0.2, 0.25) is 0 Å². The second-order valence-corrected chi connectivity index (χ2v) is 6.53. The predicted molar refractivity (Wildman–Crippen MR) is 97.1 cm³/mol. The van der Waals surface area contributed by atoms with E-state index in [1.807, 2.05) is 42.7 Å². The Morgan fingerprint density at radius 2 is 1.96 bits per heavy atom. The summed E-state index contributed by atoms with van der Waals surface area (Å²) in [6.07, 6.45) is 4.37. The third kappa shape index (κ3) is 4.52. The molecule has 1 N–H and O–H groups in total. The van der Waals surface area contributed by atoms with Crippen LogP contribution in [0.5, 0.6) is 5.75 Å². The van der Waals surface area contributed by atoms with Crippen molar-refractivity contribution in [3.63, 3.8) is 0 Å². The topological polar surface area (TPSA) is 47.6 Å². The van der Waals surface area contributed by atoms with E-state index in [4.69, 9.17) is 9.47 Å². The number of benzene rings is 2. The summed E-state index contributed by atoms with van der Waals surface area (Å²) >= 11 is 1.67. The minimum Gasteiger partial charge on any atom is -0.491 e. The average molecular weight is 343 g/mol. The van der Waals surface area contributed by atoms with Gasteiger partial charge in [-0.15, -0.1) is 11.8 Å². The maximum atomic E-state index is 12.3. The van der Waals surface area contributed by atoms with Crippen molar-refractivity contribution in [3.8, 4) is 5.75 Å². The van der Waals surface area contributed by atoms with Crippen molar-refractivity contribution >= 4 is 23.4 Å². The van der Waals surface area contributed by atoms with Gasteiger partial charge in [-0.1, -0.05) is 0 Å². The predicted octanol–water partition coefficient (Wildman–Crippen LogP) is 4.22. The van der Waals surface area contributed by atoms with Gasteiger partial charge in [-0.25, -0.2) is 0 Å². The highest BCUT2D eigenvalue weighted by Crippen LogP contribution is 2.19. The molecule has 4 nitrogen and oxygen atoms in total. The molecule has 0 aliphatic carbocycles. The summed E-state index contributed by atoms with van der Waals surface area (Å²) in [5, 5.41) is 2.90. The SMILES string of the molecule is CSc1ccc(NC(=O)c2ccc(OC[C@H]3CCCO3)cc2)cc1. The van der Waals surface area contributed by atoms with Gasteiger partial charge in [0.25, 0.3) is 5.91 Å². The maximum Gasteiger partial charge on any atom is 0.255 e. The molecule has 24 heavy (non-hydrogen) atoms. The number of ether oxygens (including phenoxy) is 2. The van der Waals surface area contributed by atoms with Gasteiger partial charge in [-0.2, -0.15) is 0 Å². The third-order valence-electron chi connectivity index (χ3n) is 3.92. The second kappa shape index (κ2) is 8.22. The Bertz CT molecular complexity index is 664. The molecule has 1 amide bonds. The molecule has 1 fully saturated rings. The highest BCUT2D eigenvalue weighted by atomic mass is 32.2. The van der Waals surface area contributed by atoms with Crippen LogP contribution >= 0.6 is 11.8 Å². The summed E-state index contributed by atoms with van der Waals surface area (Å²) in [5.74, 6) is 0.629. The van der Waals surface area contributed by atoms with Crippen LogP contribution in [0, 0.1) is 0 Å². The number of rotatable bonds is 6. The molecule has 1 saturated heterocycles. The van der Waals surface area contributed by atoms with Crippen LogP contribution in [0.4, 0.5) is 5.69 Å². The molecule has 0 unspecified atom stereocenters. The lowest BCUT2D eigenvalue weighted by Gasteiger charge is -2.12. The zero-order valence-electron chi connectivity index (χ0n) is 13.7. The van der Waals surface area contributed by atoms with Gasteiger partial charge in [-0.3, -0.25) is 4.79 Å². The molecule has 1 atom stereocenters. The summed E-state index contributed by atoms with van der Waals surface area (Å²) in [5.41, 5.74) is 1.39. The molecule has 0 spiro atoms. The van der Waals surface area contributed by atoms with Gasteiger partial charge in [0.1, 0.15) is 12.4 Å². The molecule has 0 aromatic heterocycles. The third-order valence-corrected chi connectivity index (χ3v) is 4.67. The van der Waals surface area contributed by atoms with Crippen LogP contribution in [0.3, 0.4) is 0 Å². The first-order valence-corrected chi connectivity index (χ1v) is 9.27. The summed E-state index contributed by atoms with van der Waals surface area (Å²) in [4.78, 5) is 13.4. The summed E-state index contributed by atoms with van der Waals surface area (Å²) in [7, 11) is 0. The number of anilines is 1. The van der Waals surface area contributed by atoms with E-state index in [0.29, 0.717) is 12.2 Å². The fourth-order valence-electron chi connectivity index (χ4n) is 2.55. The number of hydrogen-bond acceptors (Lipinski definition) is 4. The molecule has 0 saturated carbocycles. The van der Waals surface area contributed by atoms with Gasteiger partial charge in [0.15, 0.2) is 0 Å². The molecular formula is C19H21NO3S. The first-order valence-electron chi connectivity index (χ1n) is 8.04. The number of hydrogen-bond donors (Lipinski definition) is 1. The quantitative estimate of drug-likeness (QED) is 0.798. The molecule has 0 radical (unpaired) electrons. The first kappa shape index (κ1) is 16.9. The van der Waals surface area contributed by atoms with E-state index in [1.54, 1.807) is 23.9 Å². The Labute approximate surface area is 146 Å². The van der Waals surface area contributed by atoms with Gasteiger partial charge in [0.2, 0.25) is 0 Å². The van der Waals surface area contributed by atoms with Crippen molar-refractivity contribution in [1.82, 2.24) is 0 Å². The van der Waals surface area contributed by atoms with Crippen LogP contribution in [0.25, 0.3) is 0 Å². The van der Waals surface area contributed by atoms with Gasteiger partial charge in [0.05, 0.1) is 6.10 Å². The molecule has 1 heterocycles. The number of nitrogens with one attached hydrogen (secondary N) is 1. The molecule has 2 aromatic rings. The molecule has 3 rings (SSSR count). The number of carbonyl (C=O) groups is 1. The molecular weight excluding hydrogens is 322 g/mol. The van der Waals surface area contributed by atoms with E-state index in [-0.39, 0.29) is 12.0 Å². The van der Waals surface area contributed by atoms with E-state index < -0.39 is 0 Å². The zero-order chi connectivity index (χ0) is 16.8. The zero-order valence-corrected chi connectivity index (χ0v) is 14.5. The van der Waals surface area contributed by atoms with Crippen LogP contribution in [0.15, 0.2) is 53.4 Å². The summed E-state index contributed by atoms with van der Waals surface area (Å²) in [6.45, 7) is 1.39. The van der Waals surface area contributed by atoms with Gasteiger partial charge < -0.3 is 14.8 Å². The lowest BCUT2D eigenvalue weighted by molar-refractivity contribution is 0.0679. The fraction of sp³-hybridized carbons (Fsp3) is 0.316. The van der Waals surface area contributed by atoms with Crippen molar-refractivity contribution in [1.29, 1.82) is 0 Å². The van der Waals surface area contributed by atoms with Crippen molar-refractivity contribution in [2.24, 2.45) is 0 Å². The summed E-state index contributed by atoms with van der Waals surface area (Å²) < 4.78 is 11.2. The van der Waals surface area contributed by atoms with Gasteiger partial charge in [0, 0.05) is 22.8 Å². The molecule has 5 heteroatoms. The minimum absolute atomic E-state index is 0.127. The monoisotopic (exact) mass is 343 g/mol. The lowest BCUT2D eigenvalue weighted by atomic mass is 10.2. The standard InChI is InChI=1S/C19H21NO3S/c1-24-18-10-6-15(7-11-18)20-19(21)14-4-8-16(9-5-14)23-13-17-3-2-12-22-17/h4-11,17H,2-3,12-13H2,1H3,(H,20,21)/t17-/m1/s1. The number of amides is 1. The van der Waals surface area contributed by atoms with Gasteiger partial charge in [-0.05, 0) is 67.6 Å². The van der Waals surface area contributed by atoms with E-state index in [1.165, 1.54) is 4.90 Å². The number of thioether (sulfide) groups is 1. The highest BCUT2D eigenvalue weighted by Gasteiger charge is 2.16. The van der Waals surface area contributed by atoms with E-state index >= 15 is 0 Å². The Morgan fingerprint density at radius 1 is 1.21 bits per heavy atom. The van der Waals surface area contributed by atoms with Crippen LogP contribution < -0.4 is 10.1 Å². The first-order chi connectivity index (χ1) is 11.7. The maximum absolute atomic E-state index is 12.3. The molecule has 126 valence electrons. The molecule has 0 bridgehead atoms. The molecule has 1 aliphatic heterocycles. The minimum atomic E-state index is -0.127. The Kier molecular flexibility index (Phi) is 5.77. The second-order valence-electron chi connectivity index (χ2n) is 5.65.